The van der Waals surface area contributed by atoms with Crippen LogP contribution in [0.2, 0.25) is 0 Å². The SMILES string of the molecule is CC(C)C(CBr)NC(=O)c1cc(C(F)(F)F)ccc1Br. The summed E-state index contributed by atoms with van der Waals surface area (Å²) < 4.78 is 38.3. The summed E-state index contributed by atoms with van der Waals surface area (Å²) in [5.41, 5.74) is -0.864. The standard InChI is InChI=1S/C13H14Br2F3NO/c1-7(2)11(6-14)19-12(20)9-5-8(13(16,17)18)3-4-10(9)15/h3-5,7,11H,6H2,1-2H3,(H,19,20). The summed E-state index contributed by atoms with van der Waals surface area (Å²) in [7, 11) is 0. The molecule has 0 heterocycles. The summed E-state index contributed by atoms with van der Waals surface area (Å²) in [6, 6.07) is 2.87. The second-order valence-electron chi connectivity index (χ2n) is 4.67. The molecule has 0 saturated heterocycles. The molecule has 0 spiro atoms. The Hall–Kier alpha value is -0.560. The van der Waals surface area contributed by atoms with Crippen LogP contribution in [-0.2, 0) is 6.18 Å². The number of hydrogen-bond donors (Lipinski definition) is 1. The Morgan fingerprint density at radius 2 is 1.95 bits per heavy atom. The zero-order chi connectivity index (χ0) is 15.5. The van der Waals surface area contributed by atoms with E-state index in [4.69, 9.17) is 0 Å². The molecule has 0 fully saturated rings. The number of hydrogen-bond acceptors (Lipinski definition) is 1. The first-order valence-electron chi connectivity index (χ1n) is 5.90. The monoisotopic (exact) mass is 415 g/mol. The van der Waals surface area contributed by atoms with E-state index in [0.717, 1.165) is 12.1 Å². The predicted molar refractivity (Wildman–Crippen MR) is 79.0 cm³/mol. The Morgan fingerprint density at radius 3 is 2.40 bits per heavy atom. The van der Waals surface area contributed by atoms with Gasteiger partial charge in [0.1, 0.15) is 0 Å². The van der Waals surface area contributed by atoms with Crippen LogP contribution in [0.15, 0.2) is 22.7 Å². The number of amides is 1. The number of carbonyl (C=O) groups excluding carboxylic acids is 1. The lowest BCUT2D eigenvalue weighted by molar-refractivity contribution is -0.137. The molecule has 0 saturated carbocycles. The van der Waals surface area contributed by atoms with Crippen molar-refractivity contribution in [2.75, 3.05) is 5.33 Å². The molecule has 20 heavy (non-hydrogen) atoms. The lowest BCUT2D eigenvalue weighted by Crippen LogP contribution is -2.40. The average molecular weight is 417 g/mol. The molecule has 0 radical (unpaired) electrons. The first-order chi connectivity index (χ1) is 9.16. The maximum atomic E-state index is 12.7. The summed E-state index contributed by atoms with van der Waals surface area (Å²) >= 11 is 6.38. The highest BCUT2D eigenvalue weighted by atomic mass is 79.9. The number of halogens is 5. The summed E-state index contributed by atoms with van der Waals surface area (Å²) in [5.74, 6) is -0.357. The molecular weight excluding hydrogens is 403 g/mol. The van der Waals surface area contributed by atoms with Crippen LogP contribution in [0.4, 0.5) is 13.2 Å². The highest BCUT2D eigenvalue weighted by molar-refractivity contribution is 9.10. The van der Waals surface area contributed by atoms with Crippen LogP contribution in [-0.4, -0.2) is 17.3 Å². The van der Waals surface area contributed by atoms with E-state index in [0.29, 0.717) is 9.80 Å². The Labute approximate surface area is 132 Å². The third-order valence-corrected chi connectivity index (χ3v) is 4.21. The lowest BCUT2D eigenvalue weighted by Gasteiger charge is -2.20. The van der Waals surface area contributed by atoms with Crippen LogP contribution in [0.25, 0.3) is 0 Å². The van der Waals surface area contributed by atoms with Crippen LogP contribution < -0.4 is 5.32 Å². The van der Waals surface area contributed by atoms with Crippen LogP contribution in [0, 0.1) is 5.92 Å². The Balaban J connectivity index is 3.03. The Kier molecular flexibility index (Phi) is 6.06. The highest BCUT2D eigenvalue weighted by Gasteiger charge is 2.31. The summed E-state index contributed by atoms with van der Waals surface area (Å²) in [6.45, 7) is 3.85. The lowest BCUT2D eigenvalue weighted by atomic mass is 10.1. The number of carbonyl (C=O) groups is 1. The normalized spacial score (nSPS) is 13.4. The second kappa shape index (κ2) is 6.93. The van der Waals surface area contributed by atoms with E-state index in [-0.39, 0.29) is 17.5 Å². The fourth-order valence-electron chi connectivity index (χ4n) is 1.51. The van der Waals surface area contributed by atoms with Gasteiger partial charge in [-0.2, -0.15) is 13.2 Å². The third-order valence-electron chi connectivity index (χ3n) is 2.83. The van der Waals surface area contributed by atoms with Crippen LogP contribution in [0.5, 0.6) is 0 Å². The van der Waals surface area contributed by atoms with E-state index in [1.807, 2.05) is 13.8 Å². The molecule has 0 bridgehead atoms. The topological polar surface area (TPSA) is 29.1 Å². The summed E-state index contributed by atoms with van der Waals surface area (Å²) in [6.07, 6.45) is -4.47. The first-order valence-corrected chi connectivity index (χ1v) is 7.81. The molecule has 0 aliphatic rings. The molecular formula is C13H14Br2F3NO. The van der Waals surface area contributed by atoms with Gasteiger partial charge in [-0.15, -0.1) is 0 Å². The van der Waals surface area contributed by atoms with E-state index in [2.05, 4.69) is 37.2 Å². The van der Waals surface area contributed by atoms with Crippen molar-refractivity contribution in [3.05, 3.63) is 33.8 Å². The minimum absolute atomic E-state index is 0.0218. The van der Waals surface area contributed by atoms with Crippen LogP contribution >= 0.6 is 31.9 Å². The highest BCUT2D eigenvalue weighted by Crippen LogP contribution is 2.31. The van der Waals surface area contributed by atoms with E-state index in [1.54, 1.807) is 0 Å². The van der Waals surface area contributed by atoms with Gasteiger partial charge in [0.2, 0.25) is 0 Å². The smallest absolute Gasteiger partial charge is 0.348 e. The number of benzene rings is 1. The first kappa shape index (κ1) is 17.5. The average Bonchev–Trinajstić information content (AvgIpc) is 2.34. The molecule has 1 aromatic rings. The molecule has 1 unspecified atom stereocenters. The number of nitrogens with one attached hydrogen (secondary N) is 1. The van der Waals surface area contributed by atoms with Gasteiger partial charge in [0.15, 0.2) is 0 Å². The fourth-order valence-corrected chi connectivity index (χ4v) is 2.84. The van der Waals surface area contributed by atoms with E-state index >= 15 is 0 Å². The minimum atomic E-state index is -4.47. The molecule has 0 aromatic heterocycles. The van der Waals surface area contributed by atoms with Gasteiger partial charge in [0, 0.05) is 15.8 Å². The third kappa shape index (κ3) is 4.48. The van der Waals surface area contributed by atoms with Gasteiger partial charge >= 0.3 is 6.18 Å². The minimum Gasteiger partial charge on any atom is -0.348 e. The molecule has 1 aromatic carbocycles. The molecule has 112 valence electrons. The van der Waals surface area contributed by atoms with Gasteiger partial charge in [-0.1, -0.05) is 29.8 Å². The summed E-state index contributed by atoms with van der Waals surface area (Å²) in [4.78, 5) is 12.1. The van der Waals surface area contributed by atoms with Crippen molar-refractivity contribution in [2.45, 2.75) is 26.1 Å². The van der Waals surface area contributed by atoms with Crippen LogP contribution in [0.1, 0.15) is 29.8 Å². The molecule has 0 aliphatic carbocycles. The quantitative estimate of drug-likeness (QED) is 0.713. The molecule has 1 rings (SSSR count). The second-order valence-corrected chi connectivity index (χ2v) is 6.17. The largest absolute Gasteiger partial charge is 0.416 e. The van der Waals surface area contributed by atoms with Gasteiger partial charge in [-0.25, -0.2) is 0 Å². The van der Waals surface area contributed by atoms with Gasteiger partial charge < -0.3 is 5.32 Å². The number of rotatable bonds is 4. The van der Waals surface area contributed by atoms with E-state index < -0.39 is 17.6 Å². The molecule has 1 amide bonds. The molecule has 1 N–H and O–H groups in total. The Bertz CT molecular complexity index is 489. The van der Waals surface area contributed by atoms with Crippen molar-refractivity contribution in [3.8, 4) is 0 Å². The van der Waals surface area contributed by atoms with Crippen molar-refractivity contribution < 1.29 is 18.0 Å². The number of alkyl halides is 4. The van der Waals surface area contributed by atoms with Crippen molar-refractivity contribution in [1.82, 2.24) is 5.32 Å². The zero-order valence-electron chi connectivity index (χ0n) is 10.9. The maximum absolute atomic E-state index is 12.7. The van der Waals surface area contributed by atoms with Crippen LogP contribution in [0.3, 0.4) is 0 Å². The van der Waals surface area contributed by atoms with E-state index in [9.17, 15) is 18.0 Å². The maximum Gasteiger partial charge on any atom is 0.416 e. The molecule has 0 aliphatic heterocycles. The van der Waals surface area contributed by atoms with E-state index in [1.165, 1.54) is 6.07 Å². The van der Waals surface area contributed by atoms with Gasteiger partial charge in [-0.3, -0.25) is 4.79 Å². The fraction of sp³-hybridized carbons (Fsp3) is 0.462. The van der Waals surface area contributed by atoms with Crippen molar-refractivity contribution in [3.63, 3.8) is 0 Å². The van der Waals surface area contributed by atoms with Gasteiger partial charge in [0.25, 0.3) is 5.91 Å². The molecule has 1 atom stereocenters. The van der Waals surface area contributed by atoms with Gasteiger partial charge in [-0.05, 0) is 40.0 Å². The van der Waals surface area contributed by atoms with Crippen molar-refractivity contribution >= 4 is 37.8 Å². The summed E-state index contributed by atoms with van der Waals surface area (Å²) in [5, 5.41) is 3.25. The molecule has 2 nitrogen and oxygen atoms in total. The Morgan fingerprint density at radius 1 is 1.35 bits per heavy atom. The predicted octanol–water partition coefficient (Wildman–Crippen LogP) is 4.62. The zero-order valence-corrected chi connectivity index (χ0v) is 14.1. The molecule has 7 heteroatoms. The van der Waals surface area contributed by atoms with Crippen molar-refractivity contribution in [1.29, 1.82) is 0 Å². The van der Waals surface area contributed by atoms with Gasteiger partial charge in [0.05, 0.1) is 11.1 Å². The van der Waals surface area contributed by atoms with Crippen molar-refractivity contribution in [2.24, 2.45) is 5.92 Å².